The van der Waals surface area contributed by atoms with E-state index in [1.54, 1.807) is 24.3 Å². The van der Waals surface area contributed by atoms with Gasteiger partial charge in [-0.3, -0.25) is 19.3 Å². The van der Waals surface area contributed by atoms with Crippen LogP contribution in [0, 0.1) is 0 Å². The van der Waals surface area contributed by atoms with Gasteiger partial charge >= 0.3 is 0 Å². The highest BCUT2D eigenvalue weighted by Crippen LogP contribution is 2.17. The van der Waals surface area contributed by atoms with E-state index in [4.69, 9.17) is 0 Å². The van der Waals surface area contributed by atoms with Gasteiger partial charge < -0.3 is 10.2 Å². The lowest BCUT2D eigenvalue weighted by Crippen LogP contribution is -2.44. The number of rotatable bonds is 5. The second-order valence-electron chi connectivity index (χ2n) is 6.39. The van der Waals surface area contributed by atoms with Gasteiger partial charge in [-0.1, -0.05) is 19.1 Å². The minimum atomic E-state index is -0.323. The minimum Gasteiger partial charge on any atom is -0.341 e. The Bertz CT molecular complexity index is 645. The van der Waals surface area contributed by atoms with E-state index in [2.05, 4.69) is 10.2 Å². The standard InChI is InChI=1S/C19H27N3O3/c1-4-18(24)22-11-7-10-21(12-13-22)14(2)19(25)20-17-9-6-5-8-16(17)15(3)23/h5-6,8-9,14H,4,7,10-13H2,1-3H3,(H,20,25)/t14-/m0/s1. The average molecular weight is 345 g/mol. The van der Waals surface area contributed by atoms with Gasteiger partial charge in [0.15, 0.2) is 5.78 Å². The third-order valence-electron chi connectivity index (χ3n) is 4.68. The van der Waals surface area contributed by atoms with Gasteiger partial charge in [0.1, 0.15) is 0 Å². The van der Waals surface area contributed by atoms with Crippen molar-refractivity contribution in [3.05, 3.63) is 29.8 Å². The zero-order valence-corrected chi connectivity index (χ0v) is 15.2. The fourth-order valence-corrected chi connectivity index (χ4v) is 3.10. The lowest BCUT2D eigenvalue weighted by molar-refractivity contribution is -0.130. The van der Waals surface area contributed by atoms with Crippen LogP contribution in [0.5, 0.6) is 0 Å². The quantitative estimate of drug-likeness (QED) is 0.830. The molecule has 0 aliphatic carbocycles. The topological polar surface area (TPSA) is 69.7 Å². The maximum atomic E-state index is 12.6. The molecule has 2 amide bonds. The Morgan fingerprint density at radius 1 is 1.12 bits per heavy atom. The van der Waals surface area contributed by atoms with Crippen LogP contribution in [0.25, 0.3) is 0 Å². The van der Waals surface area contributed by atoms with Crippen molar-refractivity contribution in [3.8, 4) is 0 Å². The molecule has 1 atom stereocenters. The molecule has 0 saturated carbocycles. The predicted molar refractivity (Wildman–Crippen MR) is 97.6 cm³/mol. The SMILES string of the molecule is CCC(=O)N1CCCN([C@@H](C)C(=O)Nc2ccccc2C(C)=O)CC1. The molecule has 1 aromatic rings. The Morgan fingerprint density at radius 3 is 2.52 bits per heavy atom. The zero-order chi connectivity index (χ0) is 18.4. The molecule has 0 unspecified atom stereocenters. The Morgan fingerprint density at radius 2 is 1.84 bits per heavy atom. The number of amides is 2. The first-order chi connectivity index (χ1) is 11.9. The molecule has 1 N–H and O–H groups in total. The highest BCUT2D eigenvalue weighted by atomic mass is 16.2. The van der Waals surface area contributed by atoms with E-state index in [1.165, 1.54) is 6.92 Å². The number of para-hydroxylation sites is 1. The molecule has 136 valence electrons. The zero-order valence-electron chi connectivity index (χ0n) is 15.2. The van der Waals surface area contributed by atoms with Crippen molar-refractivity contribution >= 4 is 23.3 Å². The maximum absolute atomic E-state index is 12.6. The van der Waals surface area contributed by atoms with Gasteiger partial charge in [0.05, 0.1) is 11.7 Å². The van der Waals surface area contributed by atoms with Gasteiger partial charge in [-0.25, -0.2) is 0 Å². The fourth-order valence-electron chi connectivity index (χ4n) is 3.10. The Hall–Kier alpha value is -2.21. The van der Waals surface area contributed by atoms with Crippen molar-refractivity contribution in [2.75, 3.05) is 31.5 Å². The van der Waals surface area contributed by atoms with Crippen LogP contribution < -0.4 is 5.32 Å². The summed E-state index contributed by atoms with van der Waals surface area (Å²) in [6.07, 6.45) is 1.37. The number of ketones is 1. The van der Waals surface area contributed by atoms with Gasteiger partial charge in [-0.05, 0) is 32.4 Å². The number of benzene rings is 1. The molecular formula is C19H27N3O3. The van der Waals surface area contributed by atoms with Crippen LogP contribution in [0.1, 0.15) is 44.0 Å². The van der Waals surface area contributed by atoms with Crippen molar-refractivity contribution in [2.24, 2.45) is 0 Å². The molecule has 0 aromatic heterocycles. The largest absolute Gasteiger partial charge is 0.341 e. The molecule has 0 bridgehead atoms. The van der Waals surface area contributed by atoms with E-state index < -0.39 is 0 Å². The first-order valence-electron chi connectivity index (χ1n) is 8.86. The minimum absolute atomic E-state index is 0.0768. The summed E-state index contributed by atoms with van der Waals surface area (Å²) in [6.45, 7) is 8.06. The van der Waals surface area contributed by atoms with E-state index in [0.717, 1.165) is 19.5 Å². The van der Waals surface area contributed by atoms with Crippen LogP contribution in [0.2, 0.25) is 0 Å². The van der Waals surface area contributed by atoms with Crippen LogP contribution in [-0.2, 0) is 9.59 Å². The summed E-state index contributed by atoms with van der Waals surface area (Å²) in [6, 6.07) is 6.71. The predicted octanol–water partition coefficient (Wildman–Crippen LogP) is 2.16. The number of nitrogens with one attached hydrogen (secondary N) is 1. The third kappa shape index (κ3) is 4.89. The Balaban J connectivity index is 2.00. The molecule has 0 radical (unpaired) electrons. The summed E-state index contributed by atoms with van der Waals surface area (Å²) in [7, 11) is 0. The molecule has 1 fully saturated rings. The smallest absolute Gasteiger partial charge is 0.241 e. The monoisotopic (exact) mass is 345 g/mol. The molecule has 2 rings (SSSR count). The Kier molecular flexibility index (Phi) is 6.70. The Labute approximate surface area is 149 Å². The average Bonchev–Trinajstić information content (AvgIpc) is 2.86. The molecule has 1 heterocycles. The van der Waals surface area contributed by atoms with E-state index in [9.17, 15) is 14.4 Å². The molecular weight excluding hydrogens is 318 g/mol. The van der Waals surface area contributed by atoms with Gasteiger partial charge in [0.25, 0.3) is 0 Å². The van der Waals surface area contributed by atoms with Crippen molar-refractivity contribution in [1.82, 2.24) is 9.80 Å². The van der Waals surface area contributed by atoms with E-state index in [1.807, 2.05) is 18.7 Å². The van der Waals surface area contributed by atoms with Crippen LogP contribution >= 0.6 is 0 Å². The lowest BCUT2D eigenvalue weighted by atomic mass is 10.1. The van der Waals surface area contributed by atoms with Gasteiger partial charge in [0.2, 0.25) is 11.8 Å². The van der Waals surface area contributed by atoms with Crippen molar-refractivity contribution in [1.29, 1.82) is 0 Å². The molecule has 1 aliphatic rings. The highest BCUT2D eigenvalue weighted by molar-refractivity contribution is 6.04. The summed E-state index contributed by atoms with van der Waals surface area (Å²) in [5.74, 6) is -0.0506. The first-order valence-corrected chi connectivity index (χ1v) is 8.86. The molecule has 0 spiro atoms. The molecule has 1 aromatic carbocycles. The first kappa shape index (κ1) is 19.1. The van der Waals surface area contributed by atoms with Crippen LogP contribution in [0.4, 0.5) is 5.69 Å². The van der Waals surface area contributed by atoms with Crippen molar-refractivity contribution in [3.63, 3.8) is 0 Å². The van der Waals surface area contributed by atoms with E-state index >= 15 is 0 Å². The number of carbonyl (C=O) groups excluding carboxylic acids is 3. The number of nitrogens with zero attached hydrogens (tertiary/aromatic N) is 2. The summed E-state index contributed by atoms with van der Waals surface area (Å²) in [5, 5.41) is 2.87. The molecule has 1 aliphatic heterocycles. The van der Waals surface area contributed by atoms with Crippen LogP contribution in [0.3, 0.4) is 0 Å². The molecule has 1 saturated heterocycles. The highest BCUT2D eigenvalue weighted by Gasteiger charge is 2.25. The third-order valence-corrected chi connectivity index (χ3v) is 4.68. The molecule has 6 nitrogen and oxygen atoms in total. The molecule has 25 heavy (non-hydrogen) atoms. The number of hydrogen-bond donors (Lipinski definition) is 1. The summed E-state index contributed by atoms with van der Waals surface area (Å²) >= 11 is 0. The van der Waals surface area contributed by atoms with Crippen molar-refractivity contribution in [2.45, 2.75) is 39.7 Å². The van der Waals surface area contributed by atoms with E-state index in [-0.39, 0.29) is 23.6 Å². The number of anilines is 1. The number of carbonyl (C=O) groups is 3. The fraction of sp³-hybridized carbons (Fsp3) is 0.526. The van der Waals surface area contributed by atoms with Gasteiger partial charge in [0, 0.05) is 38.2 Å². The molecule has 6 heteroatoms. The van der Waals surface area contributed by atoms with Crippen LogP contribution in [-0.4, -0.2) is 59.6 Å². The lowest BCUT2D eigenvalue weighted by Gasteiger charge is -2.27. The summed E-state index contributed by atoms with van der Waals surface area (Å²) < 4.78 is 0. The number of Topliss-reactive ketones (excluding diaryl/α,β-unsaturated/α-hetero) is 1. The van der Waals surface area contributed by atoms with E-state index in [0.29, 0.717) is 30.8 Å². The van der Waals surface area contributed by atoms with Crippen LogP contribution in [0.15, 0.2) is 24.3 Å². The van der Waals surface area contributed by atoms with Gasteiger partial charge in [-0.2, -0.15) is 0 Å². The van der Waals surface area contributed by atoms with Crippen molar-refractivity contribution < 1.29 is 14.4 Å². The second kappa shape index (κ2) is 8.76. The normalized spacial score (nSPS) is 16.8. The maximum Gasteiger partial charge on any atom is 0.241 e. The second-order valence-corrected chi connectivity index (χ2v) is 6.39. The van der Waals surface area contributed by atoms with Gasteiger partial charge in [-0.15, -0.1) is 0 Å². The summed E-state index contributed by atoms with van der Waals surface area (Å²) in [4.78, 5) is 40.2. The summed E-state index contributed by atoms with van der Waals surface area (Å²) in [5.41, 5.74) is 1.06. The number of hydrogen-bond acceptors (Lipinski definition) is 4.